The molecule has 0 radical (unpaired) electrons. The van der Waals surface area contributed by atoms with E-state index in [2.05, 4.69) is 4.99 Å². The van der Waals surface area contributed by atoms with Crippen LogP contribution in [0.3, 0.4) is 0 Å². The first-order valence-corrected chi connectivity index (χ1v) is 10.5. The Bertz CT molecular complexity index is 1240. The van der Waals surface area contributed by atoms with E-state index in [9.17, 15) is 14.4 Å². The molecule has 0 spiro atoms. The predicted molar refractivity (Wildman–Crippen MR) is 119 cm³/mol. The first kappa shape index (κ1) is 22.5. The number of aromatic nitrogens is 1. The molecular formula is C22H19ClN2O5S. The summed E-state index contributed by atoms with van der Waals surface area (Å²) in [5.41, 5.74) is 1.70. The maximum atomic E-state index is 12.4. The van der Waals surface area contributed by atoms with Crippen molar-refractivity contribution in [2.45, 2.75) is 13.5 Å². The van der Waals surface area contributed by atoms with E-state index in [0.717, 1.165) is 0 Å². The summed E-state index contributed by atoms with van der Waals surface area (Å²) in [5, 5.41) is 0.515. The van der Waals surface area contributed by atoms with Crippen LogP contribution in [0.5, 0.6) is 0 Å². The van der Waals surface area contributed by atoms with E-state index in [1.807, 2.05) is 6.07 Å². The molecule has 0 bridgehead atoms. The van der Waals surface area contributed by atoms with Gasteiger partial charge in [-0.25, -0.2) is 4.79 Å². The van der Waals surface area contributed by atoms with Gasteiger partial charge in [-0.2, -0.15) is 4.99 Å². The SMILES string of the molecule is CCOC(=O)c1ccc2c(c1)sc(=NC(=O)C=Cc1ccccc1Cl)n2CC(=O)OC. The van der Waals surface area contributed by atoms with Crippen LogP contribution in [-0.2, 0) is 25.6 Å². The van der Waals surface area contributed by atoms with Crippen LogP contribution < -0.4 is 4.80 Å². The van der Waals surface area contributed by atoms with E-state index in [-0.39, 0.29) is 13.2 Å². The van der Waals surface area contributed by atoms with Gasteiger partial charge in [0.25, 0.3) is 5.91 Å². The van der Waals surface area contributed by atoms with Gasteiger partial charge in [-0.1, -0.05) is 41.1 Å². The average Bonchev–Trinajstić information content (AvgIpc) is 3.09. The van der Waals surface area contributed by atoms with Gasteiger partial charge in [0.15, 0.2) is 4.80 Å². The van der Waals surface area contributed by atoms with Crippen molar-refractivity contribution in [3.05, 3.63) is 69.5 Å². The van der Waals surface area contributed by atoms with Crippen LogP contribution in [0.2, 0.25) is 5.02 Å². The summed E-state index contributed by atoms with van der Waals surface area (Å²) in [7, 11) is 1.28. The number of benzene rings is 2. The Morgan fingerprint density at radius 3 is 2.68 bits per heavy atom. The van der Waals surface area contributed by atoms with Crippen molar-refractivity contribution in [2.24, 2.45) is 4.99 Å². The number of hydrogen-bond donors (Lipinski definition) is 0. The van der Waals surface area contributed by atoms with Crippen molar-refractivity contribution in [2.75, 3.05) is 13.7 Å². The second kappa shape index (κ2) is 10.2. The molecule has 3 aromatic rings. The number of rotatable bonds is 6. The van der Waals surface area contributed by atoms with Crippen molar-refractivity contribution in [3.8, 4) is 0 Å². The summed E-state index contributed by atoms with van der Waals surface area (Å²) in [4.78, 5) is 40.8. The van der Waals surface area contributed by atoms with Gasteiger partial charge in [-0.05, 0) is 42.8 Å². The second-order valence-electron chi connectivity index (χ2n) is 6.25. The van der Waals surface area contributed by atoms with Gasteiger partial charge >= 0.3 is 11.9 Å². The molecule has 2 aromatic carbocycles. The summed E-state index contributed by atoms with van der Waals surface area (Å²) in [6, 6.07) is 12.0. The molecule has 0 unspecified atom stereocenters. The Morgan fingerprint density at radius 1 is 1.19 bits per heavy atom. The monoisotopic (exact) mass is 458 g/mol. The number of ether oxygens (including phenoxy) is 2. The molecule has 7 nitrogen and oxygen atoms in total. The summed E-state index contributed by atoms with van der Waals surface area (Å²) < 4.78 is 12.0. The lowest BCUT2D eigenvalue weighted by molar-refractivity contribution is -0.141. The quantitative estimate of drug-likeness (QED) is 0.413. The molecule has 0 aliphatic heterocycles. The Labute approximate surface area is 187 Å². The number of nitrogens with zero attached hydrogens (tertiary/aromatic N) is 2. The van der Waals surface area contributed by atoms with E-state index < -0.39 is 17.8 Å². The third-order valence-corrected chi connectivity index (χ3v) is 5.61. The topological polar surface area (TPSA) is 87.0 Å². The number of esters is 2. The van der Waals surface area contributed by atoms with Crippen molar-refractivity contribution in [1.82, 2.24) is 4.57 Å². The molecule has 0 aliphatic carbocycles. The Hall–Kier alpha value is -3.23. The van der Waals surface area contributed by atoms with Gasteiger partial charge in [0, 0.05) is 11.1 Å². The lowest BCUT2D eigenvalue weighted by Gasteiger charge is -2.04. The fourth-order valence-corrected chi connectivity index (χ4v) is 4.02. The molecule has 0 saturated carbocycles. The summed E-state index contributed by atoms with van der Waals surface area (Å²) in [6.45, 7) is 1.86. The highest BCUT2D eigenvalue weighted by Crippen LogP contribution is 2.20. The lowest BCUT2D eigenvalue weighted by Crippen LogP contribution is -2.22. The number of fused-ring (bicyclic) bond motifs is 1. The minimum Gasteiger partial charge on any atom is -0.468 e. The van der Waals surface area contributed by atoms with Gasteiger partial charge < -0.3 is 14.0 Å². The van der Waals surface area contributed by atoms with Crippen molar-refractivity contribution >= 4 is 57.1 Å². The Balaban J connectivity index is 2.03. The predicted octanol–water partition coefficient (Wildman–Crippen LogP) is 3.85. The Kier molecular flexibility index (Phi) is 7.38. The zero-order chi connectivity index (χ0) is 22.4. The molecule has 160 valence electrons. The smallest absolute Gasteiger partial charge is 0.338 e. The number of thiazole rings is 1. The average molecular weight is 459 g/mol. The van der Waals surface area contributed by atoms with E-state index in [1.54, 1.807) is 54.0 Å². The zero-order valence-corrected chi connectivity index (χ0v) is 18.4. The maximum Gasteiger partial charge on any atom is 0.338 e. The van der Waals surface area contributed by atoms with Crippen LogP contribution in [0, 0.1) is 0 Å². The molecule has 0 aliphatic rings. The third-order valence-electron chi connectivity index (χ3n) is 4.23. The highest BCUT2D eigenvalue weighted by atomic mass is 35.5. The normalized spacial score (nSPS) is 11.8. The number of hydrogen-bond acceptors (Lipinski definition) is 6. The standard InChI is InChI=1S/C22H19ClN2O5S/c1-3-30-21(28)15-8-10-17-18(12-15)31-22(25(17)13-20(27)29-2)24-19(26)11-9-14-6-4-5-7-16(14)23/h4-12H,3,13H2,1-2H3. The summed E-state index contributed by atoms with van der Waals surface area (Å²) >= 11 is 7.28. The molecule has 3 rings (SSSR count). The van der Waals surface area contributed by atoms with Crippen LogP contribution in [0.1, 0.15) is 22.8 Å². The molecule has 0 fully saturated rings. The molecule has 31 heavy (non-hydrogen) atoms. The van der Waals surface area contributed by atoms with Crippen molar-refractivity contribution in [1.29, 1.82) is 0 Å². The zero-order valence-electron chi connectivity index (χ0n) is 16.8. The van der Waals surface area contributed by atoms with Gasteiger partial charge in [0.2, 0.25) is 0 Å². The van der Waals surface area contributed by atoms with Gasteiger partial charge in [0.05, 0.1) is 29.5 Å². The second-order valence-corrected chi connectivity index (χ2v) is 7.67. The van der Waals surface area contributed by atoms with Crippen LogP contribution in [-0.4, -0.2) is 36.1 Å². The molecule has 0 atom stereocenters. The maximum absolute atomic E-state index is 12.4. The van der Waals surface area contributed by atoms with Gasteiger partial charge in [-0.3, -0.25) is 9.59 Å². The van der Waals surface area contributed by atoms with Gasteiger partial charge in [-0.15, -0.1) is 0 Å². The number of carbonyl (C=O) groups excluding carboxylic acids is 3. The number of methoxy groups -OCH3 is 1. The number of halogens is 1. The highest BCUT2D eigenvalue weighted by molar-refractivity contribution is 7.16. The Morgan fingerprint density at radius 2 is 1.97 bits per heavy atom. The number of amides is 1. The number of carbonyl (C=O) groups is 3. The van der Waals surface area contributed by atoms with Crippen LogP contribution >= 0.6 is 22.9 Å². The van der Waals surface area contributed by atoms with Crippen molar-refractivity contribution < 1.29 is 23.9 Å². The van der Waals surface area contributed by atoms with Crippen molar-refractivity contribution in [3.63, 3.8) is 0 Å². The molecule has 9 heteroatoms. The summed E-state index contributed by atoms with van der Waals surface area (Å²) in [5.74, 6) is -1.46. The van der Waals surface area contributed by atoms with E-state index in [1.165, 1.54) is 24.5 Å². The minimum atomic E-state index is -0.518. The first-order valence-electron chi connectivity index (χ1n) is 9.31. The lowest BCUT2D eigenvalue weighted by atomic mass is 10.2. The molecule has 1 aromatic heterocycles. The third kappa shape index (κ3) is 5.48. The molecule has 1 amide bonds. The van der Waals surface area contributed by atoms with E-state index in [4.69, 9.17) is 21.1 Å². The molecule has 0 N–H and O–H groups in total. The minimum absolute atomic E-state index is 0.129. The first-order chi connectivity index (χ1) is 14.9. The summed E-state index contributed by atoms with van der Waals surface area (Å²) in [6.07, 6.45) is 2.88. The van der Waals surface area contributed by atoms with E-state index in [0.29, 0.717) is 31.2 Å². The molecule has 1 heterocycles. The molecule has 0 saturated heterocycles. The highest BCUT2D eigenvalue weighted by Gasteiger charge is 2.14. The fourth-order valence-electron chi connectivity index (χ4n) is 2.75. The van der Waals surface area contributed by atoms with E-state index >= 15 is 0 Å². The van der Waals surface area contributed by atoms with Crippen LogP contribution in [0.15, 0.2) is 53.5 Å². The fraction of sp³-hybridized carbons (Fsp3) is 0.182. The van der Waals surface area contributed by atoms with Crippen LogP contribution in [0.4, 0.5) is 0 Å². The molecular weight excluding hydrogens is 440 g/mol. The largest absolute Gasteiger partial charge is 0.468 e. The van der Waals surface area contributed by atoms with Crippen LogP contribution in [0.25, 0.3) is 16.3 Å². The van der Waals surface area contributed by atoms with Gasteiger partial charge in [0.1, 0.15) is 6.54 Å².